The molecule has 0 atom stereocenters. The zero-order valence-electron chi connectivity index (χ0n) is 19.9. The van der Waals surface area contributed by atoms with Gasteiger partial charge in [-0.05, 0) is 61.1 Å². The van der Waals surface area contributed by atoms with Gasteiger partial charge in [0.25, 0.3) is 0 Å². The number of carboxylic acid groups (broad SMARTS) is 1. The fraction of sp³-hybridized carbons (Fsp3) is 0.385. The number of hydrogen-bond donors (Lipinski definition) is 3. The van der Waals surface area contributed by atoms with Gasteiger partial charge in [-0.15, -0.1) is 0 Å². The number of carboxylic acids is 1. The number of anilines is 3. The normalized spacial score (nSPS) is 11.6. The second-order valence-corrected chi connectivity index (χ2v) is 9.04. The Bertz CT molecular complexity index is 953. The van der Waals surface area contributed by atoms with Crippen molar-refractivity contribution in [1.29, 1.82) is 0 Å². The van der Waals surface area contributed by atoms with Crippen LogP contribution in [0, 0.1) is 18.8 Å². The molecule has 3 N–H and O–H groups in total. The summed E-state index contributed by atoms with van der Waals surface area (Å²) in [4.78, 5) is 26.2. The number of nitrogens with one attached hydrogen (secondary N) is 2. The second kappa shape index (κ2) is 11.4. The molecule has 0 spiro atoms. The van der Waals surface area contributed by atoms with Crippen LogP contribution < -0.4 is 15.5 Å². The van der Waals surface area contributed by atoms with E-state index in [1.54, 1.807) is 6.92 Å². The molecular weight excluding hydrogens is 402 g/mol. The number of urea groups is 1. The Balaban J connectivity index is 2.42. The van der Waals surface area contributed by atoms with Gasteiger partial charge in [-0.1, -0.05) is 51.5 Å². The van der Waals surface area contributed by atoms with E-state index in [1.165, 1.54) is 6.08 Å². The highest BCUT2D eigenvalue weighted by Gasteiger charge is 2.17. The van der Waals surface area contributed by atoms with E-state index in [-0.39, 0.29) is 6.03 Å². The molecule has 0 saturated heterocycles. The first-order chi connectivity index (χ1) is 15.0. The van der Waals surface area contributed by atoms with E-state index in [4.69, 9.17) is 5.11 Å². The molecule has 0 fully saturated rings. The molecule has 0 radical (unpaired) electrons. The van der Waals surface area contributed by atoms with Gasteiger partial charge in [-0.2, -0.15) is 0 Å². The Hall–Kier alpha value is -3.28. The SMILES string of the molecule is C/C(=C/C(=O)O)c1ccc(N(CC(C)C)CC(C)C)c(NC(=O)Nc2ccc(C)cc2)c1. The maximum atomic E-state index is 12.8. The maximum absolute atomic E-state index is 12.8. The minimum absolute atomic E-state index is 0.346. The van der Waals surface area contributed by atoms with Crippen LogP contribution in [0.1, 0.15) is 45.7 Å². The predicted molar refractivity (Wildman–Crippen MR) is 133 cm³/mol. The number of allylic oxidation sites excluding steroid dienone is 1. The van der Waals surface area contributed by atoms with Gasteiger partial charge in [0.15, 0.2) is 0 Å². The highest BCUT2D eigenvalue weighted by Crippen LogP contribution is 2.31. The smallest absolute Gasteiger partial charge is 0.328 e. The molecule has 2 aromatic rings. The zero-order valence-corrected chi connectivity index (χ0v) is 19.9. The lowest BCUT2D eigenvalue weighted by molar-refractivity contribution is -0.131. The van der Waals surface area contributed by atoms with Gasteiger partial charge in [0.05, 0.1) is 11.4 Å². The summed E-state index contributed by atoms with van der Waals surface area (Å²) in [6.07, 6.45) is 1.17. The predicted octanol–water partition coefficient (Wildman–Crippen LogP) is 6.25. The Labute approximate surface area is 191 Å². The second-order valence-electron chi connectivity index (χ2n) is 9.04. The van der Waals surface area contributed by atoms with Crippen LogP contribution >= 0.6 is 0 Å². The molecule has 32 heavy (non-hydrogen) atoms. The van der Waals surface area contributed by atoms with Crippen LogP contribution in [0.5, 0.6) is 0 Å². The van der Waals surface area contributed by atoms with Gasteiger partial charge in [-0.25, -0.2) is 9.59 Å². The fourth-order valence-electron chi connectivity index (χ4n) is 3.50. The number of carbonyl (C=O) groups is 2. The molecule has 172 valence electrons. The largest absolute Gasteiger partial charge is 0.478 e. The minimum Gasteiger partial charge on any atom is -0.478 e. The molecule has 0 aliphatic carbocycles. The number of nitrogens with zero attached hydrogens (tertiary/aromatic N) is 1. The molecule has 0 aliphatic rings. The summed E-state index contributed by atoms with van der Waals surface area (Å²) in [5, 5.41) is 15.0. The van der Waals surface area contributed by atoms with Gasteiger partial charge < -0.3 is 20.6 Å². The highest BCUT2D eigenvalue weighted by atomic mass is 16.4. The van der Waals surface area contributed by atoms with Crippen LogP contribution in [0.3, 0.4) is 0 Å². The standard InChI is InChI=1S/C26H35N3O3/c1-17(2)15-29(16-18(3)4)24-12-9-21(20(6)13-25(30)31)14-23(24)28-26(32)27-22-10-7-19(5)8-11-22/h7-14,17-18H,15-16H2,1-6H3,(H,30,31)(H2,27,28,32)/b20-13-. The molecule has 6 heteroatoms. The number of hydrogen-bond acceptors (Lipinski definition) is 3. The Morgan fingerprint density at radius 1 is 0.969 bits per heavy atom. The quantitative estimate of drug-likeness (QED) is 0.405. The average Bonchev–Trinajstić information content (AvgIpc) is 2.68. The van der Waals surface area contributed by atoms with E-state index in [0.29, 0.717) is 28.8 Å². The first-order valence-electron chi connectivity index (χ1n) is 11.0. The van der Waals surface area contributed by atoms with E-state index in [2.05, 4.69) is 43.2 Å². The van der Waals surface area contributed by atoms with Gasteiger partial charge in [0.2, 0.25) is 0 Å². The van der Waals surface area contributed by atoms with E-state index in [9.17, 15) is 9.59 Å². The van der Waals surface area contributed by atoms with Crippen LogP contribution in [0.4, 0.5) is 21.9 Å². The molecule has 0 aliphatic heterocycles. The first-order valence-corrected chi connectivity index (χ1v) is 11.0. The lowest BCUT2D eigenvalue weighted by Crippen LogP contribution is -2.32. The van der Waals surface area contributed by atoms with Crippen molar-refractivity contribution in [3.05, 3.63) is 59.7 Å². The molecule has 0 unspecified atom stereocenters. The van der Waals surface area contributed by atoms with Crippen LogP contribution in [0.15, 0.2) is 48.5 Å². The van der Waals surface area contributed by atoms with Gasteiger partial charge in [-0.3, -0.25) is 0 Å². The molecular formula is C26H35N3O3. The number of rotatable bonds is 9. The third-order valence-electron chi connectivity index (χ3n) is 4.86. The monoisotopic (exact) mass is 437 g/mol. The van der Waals surface area contributed by atoms with E-state index >= 15 is 0 Å². The Kier molecular flexibility index (Phi) is 8.88. The summed E-state index contributed by atoms with van der Waals surface area (Å²) in [5.41, 5.74) is 4.74. The van der Waals surface area contributed by atoms with Crippen molar-refractivity contribution >= 4 is 34.6 Å². The summed E-state index contributed by atoms with van der Waals surface area (Å²) in [7, 11) is 0. The minimum atomic E-state index is -1.00. The summed E-state index contributed by atoms with van der Waals surface area (Å²) >= 11 is 0. The molecule has 0 bridgehead atoms. The Morgan fingerprint density at radius 3 is 2.09 bits per heavy atom. The zero-order chi connectivity index (χ0) is 23.8. The van der Waals surface area contributed by atoms with Crippen molar-refractivity contribution in [3.8, 4) is 0 Å². The molecule has 2 rings (SSSR count). The topological polar surface area (TPSA) is 81.7 Å². The van der Waals surface area contributed by atoms with E-state index in [0.717, 1.165) is 29.9 Å². The summed E-state index contributed by atoms with van der Waals surface area (Å²) in [5.74, 6) is -0.118. The summed E-state index contributed by atoms with van der Waals surface area (Å²) in [6, 6.07) is 12.9. The Morgan fingerprint density at radius 2 is 1.56 bits per heavy atom. The van der Waals surface area contributed by atoms with Crippen molar-refractivity contribution in [1.82, 2.24) is 0 Å². The lowest BCUT2D eigenvalue weighted by atomic mass is 10.0. The van der Waals surface area contributed by atoms with Gasteiger partial charge in [0.1, 0.15) is 0 Å². The third-order valence-corrected chi connectivity index (χ3v) is 4.86. The average molecular weight is 438 g/mol. The van der Waals surface area contributed by atoms with Gasteiger partial charge >= 0.3 is 12.0 Å². The summed E-state index contributed by atoms with van der Waals surface area (Å²) in [6.45, 7) is 14.1. The number of amides is 2. The first kappa shape index (κ1) is 25.0. The third kappa shape index (κ3) is 7.76. The molecule has 0 heterocycles. The van der Waals surface area contributed by atoms with Crippen molar-refractivity contribution in [2.75, 3.05) is 28.6 Å². The molecule has 6 nitrogen and oxygen atoms in total. The van der Waals surface area contributed by atoms with Crippen LogP contribution in [-0.4, -0.2) is 30.2 Å². The van der Waals surface area contributed by atoms with Gasteiger partial charge in [0, 0.05) is 24.9 Å². The highest BCUT2D eigenvalue weighted by molar-refractivity contribution is 6.02. The van der Waals surface area contributed by atoms with Crippen molar-refractivity contribution in [3.63, 3.8) is 0 Å². The number of carbonyl (C=O) groups excluding carboxylic acids is 1. The van der Waals surface area contributed by atoms with Crippen molar-refractivity contribution in [2.24, 2.45) is 11.8 Å². The van der Waals surface area contributed by atoms with Crippen molar-refractivity contribution < 1.29 is 14.7 Å². The number of benzene rings is 2. The van der Waals surface area contributed by atoms with E-state index in [1.807, 2.05) is 49.4 Å². The number of aliphatic carboxylic acids is 1. The lowest BCUT2D eigenvalue weighted by Gasteiger charge is -2.30. The number of aryl methyl sites for hydroxylation is 1. The summed E-state index contributed by atoms with van der Waals surface area (Å²) < 4.78 is 0. The van der Waals surface area contributed by atoms with Crippen LogP contribution in [-0.2, 0) is 4.79 Å². The van der Waals surface area contributed by atoms with Crippen LogP contribution in [0.2, 0.25) is 0 Å². The van der Waals surface area contributed by atoms with Crippen molar-refractivity contribution in [2.45, 2.75) is 41.5 Å². The molecule has 0 saturated carbocycles. The maximum Gasteiger partial charge on any atom is 0.328 e. The van der Waals surface area contributed by atoms with E-state index < -0.39 is 5.97 Å². The fourth-order valence-corrected chi connectivity index (χ4v) is 3.50. The molecule has 2 amide bonds. The van der Waals surface area contributed by atoms with Crippen LogP contribution in [0.25, 0.3) is 5.57 Å². The molecule has 0 aromatic heterocycles. The molecule has 2 aromatic carbocycles.